The van der Waals surface area contributed by atoms with Crippen LogP contribution >= 0.6 is 0 Å². The number of rotatable bonds is 6. The van der Waals surface area contributed by atoms with Gasteiger partial charge in [0.25, 0.3) is 5.91 Å². The quantitative estimate of drug-likeness (QED) is 0.531. The van der Waals surface area contributed by atoms with Crippen molar-refractivity contribution < 1.29 is 9.53 Å². The molecule has 0 radical (unpaired) electrons. The van der Waals surface area contributed by atoms with Crippen molar-refractivity contribution >= 4 is 16.9 Å². The third-order valence-electron chi connectivity index (χ3n) is 4.68. The second-order valence-corrected chi connectivity index (χ2v) is 6.58. The third kappa shape index (κ3) is 3.88. The predicted molar refractivity (Wildman–Crippen MR) is 109 cm³/mol. The first kappa shape index (κ1) is 17.8. The summed E-state index contributed by atoms with van der Waals surface area (Å²) in [6.07, 6.45) is 0.641. The smallest absolute Gasteiger partial charge is 0.251 e. The summed E-state index contributed by atoms with van der Waals surface area (Å²) in [5.41, 5.74) is 3.54. The molecule has 0 aliphatic rings. The molecule has 1 aromatic heterocycles. The molecule has 1 unspecified atom stereocenters. The summed E-state index contributed by atoms with van der Waals surface area (Å²) in [5, 5.41) is 3.12. The molecular formula is C23H21N3O2. The Bertz CT molecular complexity index is 1040. The van der Waals surface area contributed by atoms with Gasteiger partial charge in [0, 0.05) is 5.56 Å². The maximum Gasteiger partial charge on any atom is 0.251 e. The average molecular weight is 371 g/mol. The molecule has 5 heteroatoms. The molecule has 3 aromatic carbocycles. The van der Waals surface area contributed by atoms with Crippen molar-refractivity contribution in [3.8, 4) is 5.75 Å². The molecule has 0 spiro atoms. The van der Waals surface area contributed by atoms with Crippen molar-refractivity contribution in [3.05, 3.63) is 95.8 Å². The van der Waals surface area contributed by atoms with Gasteiger partial charge in [-0.1, -0.05) is 42.5 Å². The largest absolute Gasteiger partial charge is 0.497 e. The molecule has 0 aliphatic carbocycles. The molecule has 0 fully saturated rings. The molecule has 28 heavy (non-hydrogen) atoms. The zero-order chi connectivity index (χ0) is 19.3. The highest BCUT2D eigenvalue weighted by molar-refractivity contribution is 5.94. The molecule has 0 bridgehead atoms. The fraction of sp³-hybridized carbons (Fsp3) is 0.130. The van der Waals surface area contributed by atoms with E-state index < -0.39 is 0 Å². The van der Waals surface area contributed by atoms with Gasteiger partial charge in [0.2, 0.25) is 0 Å². The van der Waals surface area contributed by atoms with E-state index in [4.69, 9.17) is 9.72 Å². The lowest BCUT2D eigenvalue weighted by Crippen LogP contribution is -2.30. The molecule has 2 N–H and O–H groups in total. The van der Waals surface area contributed by atoms with Gasteiger partial charge in [-0.15, -0.1) is 0 Å². The van der Waals surface area contributed by atoms with Gasteiger partial charge in [-0.2, -0.15) is 0 Å². The number of hydrogen-bond donors (Lipinski definition) is 2. The Morgan fingerprint density at radius 1 is 1.00 bits per heavy atom. The summed E-state index contributed by atoms with van der Waals surface area (Å²) in [7, 11) is 1.60. The van der Waals surface area contributed by atoms with Gasteiger partial charge in [0.15, 0.2) is 0 Å². The zero-order valence-electron chi connectivity index (χ0n) is 15.6. The van der Waals surface area contributed by atoms with Crippen LogP contribution in [0.5, 0.6) is 5.75 Å². The van der Waals surface area contributed by atoms with Crippen LogP contribution in [0, 0.1) is 0 Å². The normalized spacial score (nSPS) is 11.9. The Balaban J connectivity index is 1.62. The maximum absolute atomic E-state index is 12.8. The minimum absolute atomic E-state index is 0.149. The van der Waals surface area contributed by atoms with Crippen molar-refractivity contribution in [1.29, 1.82) is 0 Å². The predicted octanol–water partition coefficient (Wildman–Crippen LogP) is 4.29. The molecule has 4 aromatic rings. The van der Waals surface area contributed by atoms with E-state index in [1.165, 1.54) is 0 Å². The Morgan fingerprint density at radius 3 is 2.43 bits per heavy atom. The SMILES string of the molecule is COc1ccc(C(=O)NC(Cc2ccccc2)c2nc3ccccc3[nH]2)cc1. The van der Waals surface area contributed by atoms with Crippen LogP contribution in [-0.2, 0) is 6.42 Å². The number of methoxy groups -OCH3 is 1. The number of H-pyrrole nitrogens is 1. The summed E-state index contributed by atoms with van der Waals surface area (Å²) in [5.74, 6) is 1.31. The minimum atomic E-state index is -0.274. The highest BCUT2D eigenvalue weighted by atomic mass is 16.5. The van der Waals surface area contributed by atoms with Crippen molar-refractivity contribution in [1.82, 2.24) is 15.3 Å². The first-order valence-electron chi connectivity index (χ1n) is 9.16. The van der Waals surface area contributed by atoms with Crippen LogP contribution in [0.2, 0.25) is 0 Å². The lowest BCUT2D eigenvalue weighted by atomic mass is 10.0. The van der Waals surface area contributed by atoms with Crippen LogP contribution in [0.3, 0.4) is 0 Å². The van der Waals surface area contributed by atoms with Crippen LogP contribution in [0.25, 0.3) is 11.0 Å². The number of para-hydroxylation sites is 2. The van der Waals surface area contributed by atoms with E-state index in [0.717, 1.165) is 28.2 Å². The number of hydrogen-bond acceptors (Lipinski definition) is 3. The molecule has 0 saturated heterocycles. The molecule has 1 amide bonds. The molecule has 5 nitrogen and oxygen atoms in total. The number of ether oxygens (including phenoxy) is 1. The van der Waals surface area contributed by atoms with Crippen molar-refractivity contribution in [2.24, 2.45) is 0 Å². The van der Waals surface area contributed by atoms with Gasteiger partial charge < -0.3 is 15.0 Å². The van der Waals surface area contributed by atoms with E-state index in [1.54, 1.807) is 31.4 Å². The third-order valence-corrected chi connectivity index (χ3v) is 4.68. The molecule has 4 rings (SSSR count). The number of aromatic amines is 1. The average Bonchev–Trinajstić information content (AvgIpc) is 3.18. The van der Waals surface area contributed by atoms with Crippen LogP contribution in [0.1, 0.15) is 27.8 Å². The number of nitrogens with zero attached hydrogens (tertiary/aromatic N) is 1. The van der Waals surface area contributed by atoms with E-state index in [0.29, 0.717) is 12.0 Å². The van der Waals surface area contributed by atoms with Crippen LogP contribution < -0.4 is 10.1 Å². The fourth-order valence-electron chi connectivity index (χ4n) is 3.19. The zero-order valence-corrected chi connectivity index (χ0v) is 15.6. The minimum Gasteiger partial charge on any atom is -0.497 e. The van der Waals surface area contributed by atoms with Crippen molar-refractivity contribution in [3.63, 3.8) is 0 Å². The molecule has 1 atom stereocenters. The van der Waals surface area contributed by atoms with E-state index in [-0.39, 0.29) is 11.9 Å². The molecular weight excluding hydrogens is 350 g/mol. The summed E-state index contributed by atoms with van der Waals surface area (Å²) in [6.45, 7) is 0. The number of fused-ring (bicyclic) bond motifs is 1. The lowest BCUT2D eigenvalue weighted by Gasteiger charge is -2.17. The standard InChI is InChI=1S/C23H21N3O2/c1-28-18-13-11-17(12-14-18)23(27)26-21(15-16-7-3-2-4-8-16)22-24-19-9-5-6-10-20(19)25-22/h2-14,21H,15H2,1H3,(H,24,25)(H,26,27). The van der Waals surface area contributed by atoms with Gasteiger partial charge in [0.1, 0.15) is 11.6 Å². The molecule has 1 heterocycles. The summed E-state index contributed by atoms with van der Waals surface area (Å²) < 4.78 is 5.17. The number of amides is 1. The van der Waals surface area contributed by atoms with Gasteiger partial charge in [-0.05, 0) is 48.4 Å². The summed E-state index contributed by atoms with van der Waals surface area (Å²) in [4.78, 5) is 20.9. The monoisotopic (exact) mass is 371 g/mol. The Labute approximate surface area is 163 Å². The van der Waals surface area contributed by atoms with Crippen LogP contribution in [0.4, 0.5) is 0 Å². The Morgan fingerprint density at radius 2 is 1.71 bits per heavy atom. The Hall–Kier alpha value is -3.60. The first-order valence-corrected chi connectivity index (χ1v) is 9.16. The van der Waals surface area contributed by atoms with E-state index >= 15 is 0 Å². The lowest BCUT2D eigenvalue weighted by molar-refractivity contribution is 0.0935. The van der Waals surface area contributed by atoms with Gasteiger partial charge in [-0.3, -0.25) is 4.79 Å². The second kappa shape index (κ2) is 7.96. The van der Waals surface area contributed by atoms with Gasteiger partial charge in [-0.25, -0.2) is 4.98 Å². The van der Waals surface area contributed by atoms with Crippen molar-refractivity contribution in [2.45, 2.75) is 12.5 Å². The topological polar surface area (TPSA) is 67.0 Å². The number of benzene rings is 3. The van der Waals surface area contributed by atoms with Crippen molar-refractivity contribution in [2.75, 3.05) is 7.11 Å². The number of aromatic nitrogens is 2. The van der Waals surface area contributed by atoms with Gasteiger partial charge in [0.05, 0.1) is 24.2 Å². The molecule has 0 saturated carbocycles. The van der Waals surface area contributed by atoms with E-state index in [1.807, 2.05) is 42.5 Å². The number of nitrogens with one attached hydrogen (secondary N) is 2. The van der Waals surface area contributed by atoms with Crippen LogP contribution in [0.15, 0.2) is 78.9 Å². The Kier molecular flexibility index (Phi) is 5.06. The second-order valence-electron chi connectivity index (χ2n) is 6.58. The fourth-order valence-corrected chi connectivity index (χ4v) is 3.19. The van der Waals surface area contributed by atoms with E-state index in [9.17, 15) is 4.79 Å². The van der Waals surface area contributed by atoms with Crippen LogP contribution in [-0.4, -0.2) is 23.0 Å². The number of carbonyl (C=O) groups is 1. The number of carbonyl (C=O) groups excluding carboxylic acids is 1. The highest BCUT2D eigenvalue weighted by Gasteiger charge is 2.20. The molecule has 0 aliphatic heterocycles. The number of imidazole rings is 1. The first-order chi connectivity index (χ1) is 13.7. The summed E-state index contributed by atoms with van der Waals surface area (Å²) in [6, 6.07) is 24.7. The summed E-state index contributed by atoms with van der Waals surface area (Å²) >= 11 is 0. The van der Waals surface area contributed by atoms with E-state index in [2.05, 4.69) is 22.4 Å². The maximum atomic E-state index is 12.8. The molecule has 140 valence electrons. The van der Waals surface area contributed by atoms with Gasteiger partial charge >= 0.3 is 0 Å². The highest BCUT2D eigenvalue weighted by Crippen LogP contribution is 2.21.